The van der Waals surface area contributed by atoms with Crippen LogP contribution in [0.25, 0.3) is 0 Å². The quantitative estimate of drug-likeness (QED) is 0.253. The lowest BCUT2D eigenvalue weighted by Gasteiger charge is -2.40. The van der Waals surface area contributed by atoms with Crippen LogP contribution in [0, 0.1) is 35.5 Å². The molecule has 0 radical (unpaired) electrons. The zero-order valence-corrected chi connectivity index (χ0v) is 22.9. The molecule has 0 heteroatoms. The maximum atomic E-state index is 2.52. The van der Waals surface area contributed by atoms with Gasteiger partial charge >= 0.3 is 0 Å². The minimum atomic E-state index is 0.977. The molecule has 0 nitrogen and oxygen atoms in total. The van der Waals surface area contributed by atoms with Crippen LogP contribution in [-0.4, -0.2) is 0 Å². The molecule has 0 N–H and O–H groups in total. The lowest BCUT2D eigenvalue weighted by atomic mass is 9.65. The van der Waals surface area contributed by atoms with Gasteiger partial charge in [0.15, 0.2) is 0 Å². The van der Waals surface area contributed by atoms with E-state index in [2.05, 4.69) is 41.5 Å². The van der Waals surface area contributed by atoms with Gasteiger partial charge in [0.25, 0.3) is 0 Å². The first-order valence-electron chi connectivity index (χ1n) is 15.0. The molecule has 2 fully saturated rings. The van der Waals surface area contributed by atoms with E-state index in [1.54, 1.807) is 0 Å². The summed E-state index contributed by atoms with van der Waals surface area (Å²) >= 11 is 0. The molecule has 2 saturated carbocycles. The van der Waals surface area contributed by atoms with Crippen molar-refractivity contribution in [2.24, 2.45) is 35.5 Å². The highest BCUT2D eigenvalue weighted by atomic mass is 14.4. The molecular weight excluding hydrogens is 372 g/mol. The Hall–Kier alpha value is 0. The van der Waals surface area contributed by atoms with Crippen molar-refractivity contribution >= 4 is 0 Å². The van der Waals surface area contributed by atoms with Crippen molar-refractivity contribution in [3.05, 3.63) is 0 Å². The van der Waals surface area contributed by atoms with Gasteiger partial charge in [-0.15, -0.1) is 0 Å². The molecule has 0 amide bonds. The molecule has 0 spiro atoms. The molecule has 2 aliphatic carbocycles. The van der Waals surface area contributed by atoms with Crippen molar-refractivity contribution in [2.45, 2.75) is 164 Å². The smallest absolute Gasteiger partial charge is 0.0383 e. The molecule has 6 atom stereocenters. The maximum Gasteiger partial charge on any atom is -0.0383 e. The first-order valence-corrected chi connectivity index (χ1v) is 15.0. The summed E-state index contributed by atoms with van der Waals surface area (Å²) in [5, 5.41) is 0. The topological polar surface area (TPSA) is 0 Å². The summed E-state index contributed by atoms with van der Waals surface area (Å²) in [6, 6.07) is 0. The van der Waals surface area contributed by atoms with Crippen molar-refractivity contribution in [3.63, 3.8) is 0 Å². The summed E-state index contributed by atoms with van der Waals surface area (Å²) in [7, 11) is 0. The van der Waals surface area contributed by atoms with E-state index in [1.807, 2.05) is 0 Å². The predicted octanol–water partition coefficient (Wildman–Crippen LogP) is 11.2. The van der Waals surface area contributed by atoms with E-state index in [-0.39, 0.29) is 0 Å². The molecule has 31 heavy (non-hydrogen) atoms. The zero-order chi connectivity index (χ0) is 22.9. The zero-order valence-electron chi connectivity index (χ0n) is 22.9. The van der Waals surface area contributed by atoms with Gasteiger partial charge in [-0.05, 0) is 41.9 Å². The Morgan fingerprint density at radius 2 is 0.774 bits per heavy atom. The van der Waals surface area contributed by atoms with Crippen LogP contribution in [0.2, 0.25) is 0 Å². The molecule has 186 valence electrons. The standard InChI is InChI=1S/C17H32.C14H30/c1-12-7-5-9-16(14(12)3)11-17-10-6-8-13(2)15(17)4;1-3-5-7-9-11-13-14-12-10-8-6-4-2/h12-17H,5-11H2,1-4H3;3-14H2,1-2H3. The molecule has 2 aliphatic rings. The van der Waals surface area contributed by atoms with E-state index in [0.29, 0.717) is 0 Å². The molecule has 0 heterocycles. The summed E-state index contributed by atoms with van der Waals surface area (Å²) in [6.07, 6.45) is 27.9. The molecule has 0 aromatic rings. The van der Waals surface area contributed by atoms with Crippen molar-refractivity contribution in [1.82, 2.24) is 0 Å². The van der Waals surface area contributed by atoms with Crippen LogP contribution in [0.5, 0.6) is 0 Å². The second kappa shape index (κ2) is 18.4. The van der Waals surface area contributed by atoms with Crippen LogP contribution < -0.4 is 0 Å². The normalized spacial score (nSPS) is 31.2. The lowest BCUT2D eigenvalue weighted by molar-refractivity contribution is 0.0995. The molecule has 6 unspecified atom stereocenters. The second-order valence-corrected chi connectivity index (χ2v) is 11.8. The monoisotopic (exact) mass is 434 g/mol. The fraction of sp³-hybridized carbons (Fsp3) is 1.00. The SMILES string of the molecule is CC1CCCC(CC2CCCC(C)C2C)C1C.CCCCCCCCCCCCCC. The second-order valence-electron chi connectivity index (χ2n) is 11.8. The minimum Gasteiger partial charge on any atom is -0.0654 e. The van der Waals surface area contributed by atoms with Gasteiger partial charge in [-0.25, -0.2) is 0 Å². The van der Waals surface area contributed by atoms with Gasteiger partial charge in [-0.1, -0.05) is 157 Å². The Kier molecular flexibility index (Phi) is 17.3. The molecule has 0 aromatic heterocycles. The Labute approximate surface area is 199 Å². The minimum absolute atomic E-state index is 0.977. The van der Waals surface area contributed by atoms with E-state index < -0.39 is 0 Å². The summed E-state index contributed by atoms with van der Waals surface area (Å²) in [5.41, 5.74) is 0. The maximum absolute atomic E-state index is 2.52. The number of hydrogen-bond donors (Lipinski definition) is 0. The average molecular weight is 435 g/mol. The fourth-order valence-corrected chi connectivity index (χ4v) is 6.35. The Balaban J connectivity index is 0.000000318. The van der Waals surface area contributed by atoms with Crippen molar-refractivity contribution in [1.29, 1.82) is 0 Å². The Morgan fingerprint density at radius 3 is 1.10 bits per heavy atom. The molecule has 0 aromatic carbocycles. The van der Waals surface area contributed by atoms with E-state index in [9.17, 15) is 0 Å². The third kappa shape index (κ3) is 12.7. The van der Waals surface area contributed by atoms with Gasteiger partial charge in [0.05, 0.1) is 0 Å². The first kappa shape index (κ1) is 29.0. The van der Waals surface area contributed by atoms with Crippen LogP contribution >= 0.6 is 0 Å². The fourth-order valence-electron chi connectivity index (χ4n) is 6.35. The molecule has 0 aliphatic heterocycles. The number of hydrogen-bond acceptors (Lipinski definition) is 0. The highest BCUT2D eigenvalue weighted by Crippen LogP contribution is 2.43. The van der Waals surface area contributed by atoms with E-state index in [0.717, 1.165) is 35.5 Å². The van der Waals surface area contributed by atoms with Crippen molar-refractivity contribution < 1.29 is 0 Å². The average Bonchev–Trinajstić information content (AvgIpc) is 2.76. The van der Waals surface area contributed by atoms with E-state index in [1.165, 1.54) is 122 Å². The van der Waals surface area contributed by atoms with E-state index >= 15 is 0 Å². The first-order chi connectivity index (χ1) is 15.0. The summed E-state index contributed by atoms with van der Waals surface area (Å²) in [4.78, 5) is 0. The van der Waals surface area contributed by atoms with Gasteiger partial charge in [-0.2, -0.15) is 0 Å². The van der Waals surface area contributed by atoms with Gasteiger partial charge < -0.3 is 0 Å². The third-order valence-corrected chi connectivity index (χ3v) is 9.31. The van der Waals surface area contributed by atoms with Gasteiger partial charge in [0.2, 0.25) is 0 Å². The largest absolute Gasteiger partial charge is 0.0654 e. The number of unbranched alkanes of at least 4 members (excludes halogenated alkanes) is 11. The van der Waals surface area contributed by atoms with E-state index in [4.69, 9.17) is 0 Å². The lowest BCUT2D eigenvalue weighted by Crippen LogP contribution is -2.31. The Morgan fingerprint density at radius 1 is 0.452 bits per heavy atom. The number of rotatable bonds is 13. The summed E-state index contributed by atoms with van der Waals surface area (Å²) < 4.78 is 0. The highest BCUT2D eigenvalue weighted by Gasteiger charge is 2.33. The van der Waals surface area contributed by atoms with Gasteiger partial charge in [0, 0.05) is 0 Å². The van der Waals surface area contributed by atoms with Crippen LogP contribution in [0.3, 0.4) is 0 Å². The molecular formula is C31H62. The van der Waals surface area contributed by atoms with Crippen LogP contribution in [0.1, 0.15) is 164 Å². The third-order valence-electron chi connectivity index (χ3n) is 9.31. The van der Waals surface area contributed by atoms with Crippen LogP contribution in [-0.2, 0) is 0 Å². The van der Waals surface area contributed by atoms with Gasteiger partial charge in [0.1, 0.15) is 0 Å². The van der Waals surface area contributed by atoms with Gasteiger partial charge in [-0.3, -0.25) is 0 Å². The predicted molar refractivity (Wildman–Crippen MR) is 143 cm³/mol. The van der Waals surface area contributed by atoms with Crippen LogP contribution in [0.15, 0.2) is 0 Å². The molecule has 2 rings (SSSR count). The Bertz CT molecular complexity index is 349. The van der Waals surface area contributed by atoms with Crippen LogP contribution in [0.4, 0.5) is 0 Å². The molecule has 0 saturated heterocycles. The summed E-state index contributed by atoms with van der Waals surface area (Å²) in [6.45, 7) is 14.6. The summed E-state index contributed by atoms with van der Waals surface area (Å²) in [5.74, 6) is 5.99. The van der Waals surface area contributed by atoms with Crippen molar-refractivity contribution in [2.75, 3.05) is 0 Å². The highest BCUT2D eigenvalue weighted by molar-refractivity contribution is 4.83. The van der Waals surface area contributed by atoms with Crippen molar-refractivity contribution in [3.8, 4) is 0 Å². The molecule has 0 bridgehead atoms.